The fraction of sp³-hybridized carbons (Fsp3) is 0.267. The molecule has 0 aliphatic carbocycles. The number of nitrogens with one attached hydrogen (secondary N) is 6. The van der Waals surface area contributed by atoms with E-state index >= 15 is 0 Å². The number of nitro groups is 1. The third kappa shape index (κ3) is 10.9. The SMILES string of the molecule is N[C@H](Cc1c[nH]c2ccccc12)C(=O)NCC(=O)N[C@@H](Cc1cccnc1)C(=O)N1CCC[C@H]1C(=O)NCC(=O)N[C@@H](Cc1c[nH]c2ccccc12)C(=O)Oc1ccc([N+](=O)[O-])cc1. The highest BCUT2D eigenvalue weighted by atomic mass is 16.6. The first kappa shape index (κ1) is 44.1. The van der Waals surface area contributed by atoms with Crippen LogP contribution in [0.4, 0.5) is 5.69 Å². The van der Waals surface area contributed by atoms with Crippen molar-refractivity contribution in [3.8, 4) is 5.75 Å². The van der Waals surface area contributed by atoms with E-state index in [4.69, 9.17) is 10.5 Å². The number of ether oxygens (including phenoxy) is 1. The molecule has 4 heterocycles. The largest absolute Gasteiger partial charge is 0.425 e. The Hall–Kier alpha value is -7.93. The highest BCUT2D eigenvalue weighted by Gasteiger charge is 2.38. The number of pyridine rings is 1. The maximum atomic E-state index is 14.2. The molecule has 6 aromatic rings. The summed E-state index contributed by atoms with van der Waals surface area (Å²) in [5, 5.41) is 23.3. The summed E-state index contributed by atoms with van der Waals surface area (Å²) in [7, 11) is 0. The van der Waals surface area contributed by atoms with Crippen molar-refractivity contribution >= 4 is 63.0 Å². The number of rotatable bonds is 18. The van der Waals surface area contributed by atoms with Crippen LogP contribution in [-0.2, 0) is 48.0 Å². The number of esters is 1. The van der Waals surface area contributed by atoms with E-state index in [1.165, 1.54) is 29.2 Å². The Labute approximate surface area is 365 Å². The predicted molar refractivity (Wildman–Crippen MR) is 233 cm³/mol. The van der Waals surface area contributed by atoms with Crippen LogP contribution < -0.4 is 31.7 Å². The summed E-state index contributed by atoms with van der Waals surface area (Å²) in [4.78, 5) is 103. The van der Waals surface area contributed by atoms with Crippen LogP contribution >= 0.6 is 0 Å². The maximum absolute atomic E-state index is 14.2. The number of amides is 5. The minimum Gasteiger partial charge on any atom is -0.425 e. The van der Waals surface area contributed by atoms with Gasteiger partial charge in [-0.2, -0.15) is 0 Å². The van der Waals surface area contributed by atoms with Gasteiger partial charge in [-0.1, -0.05) is 42.5 Å². The van der Waals surface area contributed by atoms with Crippen molar-refractivity contribution in [3.63, 3.8) is 0 Å². The number of benzene rings is 3. The molecule has 4 atom stereocenters. The van der Waals surface area contributed by atoms with Gasteiger partial charge in [-0.25, -0.2) is 4.79 Å². The molecule has 64 heavy (non-hydrogen) atoms. The van der Waals surface area contributed by atoms with Gasteiger partial charge >= 0.3 is 5.97 Å². The lowest BCUT2D eigenvalue weighted by atomic mass is 10.0. The summed E-state index contributed by atoms with van der Waals surface area (Å²) in [6.45, 7) is -0.813. The number of non-ortho nitro benzene ring substituents is 1. The number of nitrogens with zero attached hydrogens (tertiary/aromatic N) is 3. The van der Waals surface area contributed by atoms with E-state index in [-0.39, 0.29) is 43.7 Å². The number of hydrogen-bond acceptors (Lipinski definition) is 11. The molecule has 8 N–H and O–H groups in total. The fourth-order valence-electron chi connectivity index (χ4n) is 7.70. The van der Waals surface area contributed by atoms with E-state index in [0.717, 1.165) is 27.4 Å². The third-order valence-corrected chi connectivity index (χ3v) is 10.9. The molecule has 1 saturated heterocycles. The minimum absolute atomic E-state index is 0.00591. The van der Waals surface area contributed by atoms with Gasteiger partial charge in [-0.15, -0.1) is 0 Å². The van der Waals surface area contributed by atoms with E-state index in [9.17, 15) is 38.9 Å². The van der Waals surface area contributed by atoms with Crippen LogP contribution in [0.1, 0.15) is 29.5 Å². The number of nitro benzene ring substituents is 1. The van der Waals surface area contributed by atoms with E-state index in [1.807, 2.05) is 48.5 Å². The van der Waals surface area contributed by atoms with Crippen LogP contribution in [0.2, 0.25) is 0 Å². The minimum atomic E-state index is -1.24. The number of likely N-dealkylation sites (tertiary alicyclic amines) is 1. The first-order chi connectivity index (χ1) is 30.9. The average molecular weight is 871 g/mol. The third-order valence-electron chi connectivity index (χ3n) is 10.9. The Bertz CT molecular complexity index is 2670. The standard InChI is InChI=1S/C45H46N10O9/c46-34(20-28-23-48-35-10-3-1-8-32(28)35)42(58)50-25-40(56)52-37(19-27-7-5-17-47-22-27)44(60)54-18-6-12-39(54)43(59)51-26-41(57)53-38(21-29-24-49-36-11-4-2-9-33(29)36)45(61)64-31-15-13-30(14-16-31)55(62)63/h1-5,7-11,13-17,22-24,34,37-39,48-49H,6,12,18-21,25-26,46H2,(H,50,58)(H,51,59)(H,52,56)(H,53,57)/t34-,37+,38+,39+/m1/s1. The van der Waals surface area contributed by atoms with Gasteiger partial charge in [0.25, 0.3) is 5.69 Å². The van der Waals surface area contributed by atoms with Gasteiger partial charge in [0.2, 0.25) is 29.5 Å². The van der Waals surface area contributed by atoms with Gasteiger partial charge in [0.15, 0.2) is 0 Å². The molecule has 3 aromatic heterocycles. The van der Waals surface area contributed by atoms with Crippen LogP contribution in [0.3, 0.4) is 0 Å². The Morgan fingerprint density at radius 1 is 0.797 bits per heavy atom. The molecule has 19 nitrogen and oxygen atoms in total. The van der Waals surface area contributed by atoms with Crippen LogP contribution in [-0.4, -0.2) is 104 Å². The number of nitrogens with two attached hydrogens (primary N) is 1. The van der Waals surface area contributed by atoms with Crippen molar-refractivity contribution in [3.05, 3.63) is 137 Å². The highest BCUT2D eigenvalue weighted by molar-refractivity contribution is 5.96. The van der Waals surface area contributed by atoms with Gasteiger partial charge in [0, 0.05) is 78.1 Å². The fourth-order valence-corrected chi connectivity index (χ4v) is 7.70. The van der Waals surface area contributed by atoms with Gasteiger partial charge in [0.05, 0.1) is 24.1 Å². The van der Waals surface area contributed by atoms with Crippen molar-refractivity contribution in [1.82, 2.24) is 41.1 Å². The molecular formula is C45H46N10O9. The monoisotopic (exact) mass is 870 g/mol. The lowest BCUT2D eigenvalue weighted by Crippen LogP contribution is -2.56. The van der Waals surface area contributed by atoms with Crippen LogP contribution in [0.15, 0.2) is 110 Å². The summed E-state index contributed by atoms with van der Waals surface area (Å²) < 4.78 is 5.50. The molecule has 0 spiro atoms. The molecule has 19 heteroatoms. The number of fused-ring (bicyclic) bond motifs is 2. The summed E-state index contributed by atoms with van der Waals surface area (Å²) in [5.74, 6) is -3.92. The Morgan fingerprint density at radius 3 is 2.06 bits per heavy atom. The zero-order chi connectivity index (χ0) is 45.2. The molecule has 0 radical (unpaired) electrons. The predicted octanol–water partition coefficient (Wildman–Crippen LogP) is 2.11. The number of carbonyl (C=O) groups excluding carboxylic acids is 6. The second kappa shape index (κ2) is 20.3. The molecule has 0 bridgehead atoms. The van der Waals surface area contributed by atoms with Gasteiger partial charge in [0.1, 0.15) is 23.9 Å². The van der Waals surface area contributed by atoms with Crippen molar-refractivity contribution in [2.75, 3.05) is 19.6 Å². The number of H-pyrrole nitrogens is 2. The van der Waals surface area contributed by atoms with E-state index in [1.54, 1.807) is 36.9 Å². The molecule has 1 fully saturated rings. The summed E-state index contributed by atoms with van der Waals surface area (Å²) in [5.41, 5.74) is 9.90. The Balaban J connectivity index is 0.966. The lowest BCUT2D eigenvalue weighted by molar-refractivity contribution is -0.384. The molecule has 3 aromatic carbocycles. The van der Waals surface area contributed by atoms with Crippen LogP contribution in [0.5, 0.6) is 5.75 Å². The first-order valence-electron chi connectivity index (χ1n) is 20.6. The smallest absolute Gasteiger partial charge is 0.334 e. The second-order valence-electron chi connectivity index (χ2n) is 15.3. The Kier molecular flexibility index (Phi) is 14.0. The second-order valence-corrected chi connectivity index (χ2v) is 15.3. The quantitative estimate of drug-likeness (QED) is 0.0284. The van der Waals surface area contributed by atoms with E-state index in [2.05, 4.69) is 36.2 Å². The number of para-hydroxylation sites is 2. The zero-order valence-electron chi connectivity index (χ0n) is 34.5. The molecule has 5 amide bonds. The Morgan fingerprint density at radius 2 is 1.42 bits per heavy atom. The summed E-state index contributed by atoms with van der Waals surface area (Å²) in [6, 6.07) is 19.0. The highest BCUT2D eigenvalue weighted by Crippen LogP contribution is 2.23. The number of hydrogen-bond donors (Lipinski definition) is 7. The van der Waals surface area contributed by atoms with Crippen LogP contribution in [0, 0.1) is 10.1 Å². The van der Waals surface area contributed by atoms with Gasteiger partial charge in [-0.05, 0) is 66.3 Å². The van der Waals surface area contributed by atoms with Crippen molar-refractivity contribution in [1.29, 1.82) is 0 Å². The topological polar surface area (TPSA) is 277 Å². The summed E-state index contributed by atoms with van der Waals surface area (Å²) >= 11 is 0. The number of carbonyl (C=O) groups is 6. The van der Waals surface area contributed by atoms with Crippen molar-refractivity contribution < 1.29 is 38.4 Å². The van der Waals surface area contributed by atoms with Crippen molar-refractivity contribution in [2.45, 2.75) is 56.3 Å². The first-order valence-corrected chi connectivity index (χ1v) is 20.6. The number of aromatic nitrogens is 3. The average Bonchev–Trinajstić information content (AvgIpc) is 4.07. The number of aromatic amines is 2. The summed E-state index contributed by atoms with van der Waals surface area (Å²) in [6.07, 6.45) is 7.63. The molecule has 1 aliphatic rings. The van der Waals surface area contributed by atoms with Crippen LogP contribution in [0.25, 0.3) is 21.8 Å². The molecule has 0 unspecified atom stereocenters. The maximum Gasteiger partial charge on any atom is 0.334 e. The van der Waals surface area contributed by atoms with Crippen molar-refractivity contribution in [2.24, 2.45) is 5.73 Å². The molecular weight excluding hydrogens is 825 g/mol. The molecule has 7 rings (SSSR count). The molecule has 0 saturated carbocycles. The van der Waals surface area contributed by atoms with E-state index in [0.29, 0.717) is 17.5 Å². The van der Waals surface area contributed by atoms with E-state index < -0.39 is 77.7 Å². The zero-order valence-corrected chi connectivity index (χ0v) is 34.5. The van der Waals surface area contributed by atoms with Gasteiger partial charge < -0.3 is 46.6 Å². The molecule has 330 valence electrons. The van der Waals surface area contributed by atoms with Gasteiger partial charge in [-0.3, -0.25) is 39.1 Å². The molecule has 1 aliphatic heterocycles. The lowest BCUT2D eigenvalue weighted by Gasteiger charge is -2.29. The normalized spacial score (nSPS) is 14.9.